The van der Waals surface area contributed by atoms with Gasteiger partial charge in [0.2, 0.25) is 0 Å². The minimum atomic E-state index is -0.986. The molecule has 0 spiro atoms. The van der Waals surface area contributed by atoms with Crippen LogP contribution in [0.4, 0.5) is 0 Å². The number of rotatable bonds is 9. The maximum Gasteiger partial charge on any atom is 0.328 e. The molecule has 0 aliphatic carbocycles. The van der Waals surface area contributed by atoms with E-state index in [1.54, 1.807) is 6.07 Å². The third-order valence-corrected chi connectivity index (χ3v) is 3.40. The number of carboxylic acid groups (broad SMARTS) is 1. The fraction of sp³-hybridized carbons (Fsp3) is 0.250. The number of ether oxygens (including phenoxy) is 2. The Bertz CT molecular complexity index is 674. The molecule has 4 nitrogen and oxygen atoms in total. The lowest BCUT2D eigenvalue weighted by Crippen LogP contribution is -2.09. The van der Waals surface area contributed by atoms with E-state index in [-0.39, 0.29) is 0 Å². The predicted molar refractivity (Wildman–Crippen MR) is 94.5 cm³/mol. The van der Waals surface area contributed by atoms with Gasteiger partial charge in [0.1, 0.15) is 24.7 Å². The molecule has 0 saturated heterocycles. The van der Waals surface area contributed by atoms with Gasteiger partial charge in [-0.3, -0.25) is 0 Å². The monoisotopic (exact) mass is 326 g/mol. The van der Waals surface area contributed by atoms with Crippen molar-refractivity contribution in [2.75, 3.05) is 13.2 Å². The molecule has 2 rings (SSSR count). The van der Waals surface area contributed by atoms with Gasteiger partial charge in [-0.15, -0.1) is 0 Å². The van der Waals surface area contributed by atoms with Crippen molar-refractivity contribution in [2.45, 2.75) is 19.8 Å². The van der Waals surface area contributed by atoms with Crippen LogP contribution in [0.25, 0.3) is 6.08 Å². The standard InChI is InChI=1S/C20H22O4/c1-2-5-16-8-11-18(12-9-16)23-14-15-24-19-7-4-3-6-17(19)10-13-20(21)22/h3-4,6-13H,2,5,14-15H2,1H3,(H,21,22). The van der Waals surface area contributed by atoms with E-state index < -0.39 is 5.97 Å². The number of aliphatic carboxylic acids is 1. The number of hydrogen-bond acceptors (Lipinski definition) is 3. The quantitative estimate of drug-likeness (QED) is 0.554. The average molecular weight is 326 g/mol. The molecule has 4 heteroatoms. The zero-order valence-electron chi connectivity index (χ0n) is 13.8. The number of carboxylic acids is 1. The smallest absolute Gasteiger partial charge is 0.328 e. The van der Waals surface area contributed by atoms with E-state index in [0.29, 0.717) is 19.0 Å². The zero-order valence-corrected chi connectivity index (χ0v) is 13.8. The third-order valence-electron chi connectivity index (χ3n) is 3.40. The molecular weight excluding hydrogens is 304 g/mol. The van der Waals surface area contributed by atoms with E-state index in [4.69, 9.17) is 14.6 Å². The molecule has 0 radical (unpaired) electrons. The molecule has 0 aromatic heterocycles. The van der Waals surface area contributed by atoms with Gasteiger partial charge < -0.3 is 14.6 Å². The largest absolute Gasteiger partial charge is 0.490 e. The van der Waals surface area contributed by atoms with Crippen LogP contribution in [0.3, 0.4) is 0 Å². The third kappa shape index (κ3) is 5.80. The van der Waals surface area contributed by atoms with Crippen LogP contribution in [0.1, 0.15) is 24.5 Å². The second kappa shape index (κ2) is 9.40. The fourth-order valence-corrected chi connectivity index (χ4v) is 2.26. The van der Waals surface area contributed by atoms with Crippen molar-refractivity contribution in [3.63, 3.8) is 0 Å². The molecule has 2 aromatic rings. The van der Waals surface area contributed by atoms with E-state index in [1.807, 2.05) is 30.3 Å². The molecule has 126 valence electrons. The molecule has 0 unspecified atom stereocenters. The van der Waals surface area contributed by atoms with Crippen molar-refractivity contribution in [2.24, 2.45) is 0 Å². The van der Waals surface area contributed by atoms with Gasteiger partial charge in [-0.05, 0) is 36.3 Å². The van der Waals surface area contributed by atoms with Gasteiger partial charge in [0.15, 0.2) is 0 Å². The Labute approximate surface area is 142 Å². The van der Waals surface area contributed by atoms with Crippen LogP contribution in [-0.4, -0.2) is 24.3 Å². The van der Waals surface area contributed by atoms with Crippen LogP contribution >= 0.6 is 0 Å². The minimum Gasteiger partial charge on any atom is -0.490 e. The van der Waals surface area contributed by atoms with Crippen LogP contribution in [0.2, 0.25) is 0 Å². The van der Waals surface area contributed by atoms with E-state index >= 15 is 0 Å². The van der Waals surface area contributed by atoms with Gasteiger partial charge in [-0.2, -0.15) is 0 Å². The van der Waals surface area contributed by atoms with E-state index in [1.165, 1.54) is 11.6 Å². The summed E-state index contributed by atoms with van der Waals surface area (Å²) < 4.78 is 11.3. The Balaban J connectivity index is 1.83. The summed E-state index contributed by atoms with van der Waals surface area (Å²) in [6, 6.07) is 15.4. The highest BCUT2D eigenvalue weighted by Crippen LogP contribution is 2.19. The van der Waals surface area contributed by atoms with Gasteiger partial charge in [0, 0.05) is 11.6 Å². The number of para-hydroxylation sites is 1. The Morgan fingerprint density at radius 2 is 1.75 bits per heavy atom. The first kappa shape index (κ1) is 17.6. The van der Waals surface area contributed by atoms with Crippen molar-refractivity contribution in [1.29, 1.82) is 0 Å². The van der Waals surface area contributed by atoms with Gasteiger partial charge in [-0.25, -0.2) is 4.79 Å². The topological polar surface area (TPSA) is 55.8 Å². The summed E-state index contributed by atoms with van der Waals surface area (Å²) in [5.74, 6) is 0.467. The van der Waals surface area contributed by atoms with Crippen molar-refractivity contribution in [1.82, 2.24) is 0 Å². The first-order chi connectivity index (χ1) is 11.7. The highest BCUT2D eigenvalue weighted by Gasteiger charge is 2.01. The molecule has 0 aliphatic rings. The molecule has 0 saturated carbocycles. The number of carbonyl (C=O) groups is 1. The predicted octanol–water partition coefficient (Wildman–Crippen LogP) is 4.19. The van der Waals surface area contributed by atoms with Gasteiger partial charge in [0.25, 0.3) is 0 Å². The first-order valence-corrected chi connectivity index (χ1v) is 8.03. The summed E-state index contributed by atoms with van der Waals surface area (Å²) in [4.78, 5) is 10.6. The van der Waals surface area contributed by atoms with Gasteiger partial charge >= 0.3 is 5.97 Å². The normalized spacial score (nSPS) is 10.7. The molecule has 0 fully saturated rings. The summed E-state index contributed by atoms with van der Waals surface area (Å²) >= 11 is 0. The van der Waals surface area contributed by atoms with Crippen molar-refractivity contribution in [3.05, 3.63) is 65.7 Å². The minimum absolute atomic E-state index is 0.384. The summed E-state index contributed by atoms with van der Waals surface area (Å²) in [6.45, 7) is 2.96. The Hall–Kier alpha value is -2.75. The number of aryl methyl sites for hydroxylation is 1. The van der Waals surface area contributed by atoms with Crippen LogP contribution in [-0.2, 0) is 11.2 Å². The number of hydrogen-bond donors (Lipinski definition) is 1. The van der Waals surface area contributed by atoms with E-state index in [0.717, 1.165) is 30.2 Å². The summed E-state index contributed by atoms with van der Waals surface area (Å²) in [5.41, 5.74) is 2.03. The molecule has 0 amide bonds. The Kier molecular flexibility index (Phi) is 6.90. The summed E-state index contributed by atoms with van der Waals surface area (Å²) in [5, 5.41) is 8.71. The lowest BCUT2D eigenvalue weighted by molar-refractivity contribution is -0.131. The highest BCUT2D eigenvalue weighted by molar-refractivity contribution is 5.85. The lowest BCUT2D eigenvalue weighted by atomic mass is 10.1. The molecule has 0 bridgehead atoms. The number of benzene rings is 2. The van der Waals surface area contributed by atoms with Crippen LogP contribution < -0.4 is 9.47 Å². The van der Waals surface area contributed by atoms with Crippen molar-refractivity contribution >= 4 is 12.0 Å². The first-order valence-electron chi connectivity index (χ1n) is 8.03. The van der Waals surface area contributed by atoms with Crippen molar-refractivity contribution < 1.29 is 19.4 Å². The molecule has 0 heterocycles. The van der Waals surface area contributed by atoms with Crippen molar-refractivity contribution in [3.8, 4) is 11.5 Å². The highest BCUT2D eigenvalue weighted by atomic mass is 16.5. The Morgan fingerprint density at radius 1 is 1.04 bits per heavy atom. The fourth-order valence-electron chi connectivity index (χ4n) is 2.26. The van der Waals surface area contributed by atoms with Crippen LogP contribution in [0, 0.1) is 0 Å². The SMILES string of the molecule is CCCc1ccc(OCCOc2ccccc2C=CC(=O)O)cc1. The lowest BCUT2D eigenvalue weighted by Gasteiger charge is -2.10. The second-order valence-electron chi connectivity index (χ2n) is 5.30. The summed E-state index contributed by atoms with van der Waals surface area (Å²) in [6.07, 6.45) is 4.81. The molecule has 0 aliphatic heterocycles. The van der Waals surface area contributed by atoms with E-state index in [9.17, 15) is 4.79 Å². The van der Waals surface area contributed by atoms with Crippen LogP contribution in [0.15, 0.2) is 54.6 Å². The maximum atomic E-state index is 10.6. The molecule has 24 heavy (non-hydrogen) atoms. The van der Waals surface area contributed by atoms with Gasteiger partial charge in [-0.1, -0.05) is 43.7 Å². The zero-order chi connectivity index (χ0) is 17.2. The maximum absolute atomic E-state index is 10.6. The second-order valence-corrected chi connectivity index (χ2v) is 5.30. The van der Waals surface area contributed by atoms with Crippen LogP contribution in [0.5, 0.6) is 11.5 Å². The molecule has 1 N–H and O–H groups in total. The Morgan fingerprint density at radius 3 is 2.46 bits per heavy atom. The average Bonchev–Trinajstić information content (AvgIpc) is 2.59. The molecule has 2 aromatic carbocycles. The molecule has 0 atom stereocenters. The summed E-state index contributed by atoms with van der Waals surface area (Å²) in [7, 11) is 0. The van der Waals surface area contributed by atoms with Gasteiger partial charge in [0.05, 0.1) is 0 Å². The molecular formula is C20H22O4. The van der Waals surface area contributed by atoms with E-state index in [2.05, 4.69) is 19.1 Å².